The Morgan fingerprint density at radius 1 is 0.818 bits per heavy atom. The van der Waals surface area contributed by atoms with Gasteiger partial charge in [0, 0.05) is 27.6 Å². The van der Waals surface area contributed by atoms with E-state index in [1.807, 2.05) is 0 Å². The number of hydrogen-bond donors (Lipinski definition) is 0. The van der Waals surface area contributed by atoms with Crippen LogP contribution in [0.1, 0.15) is 0 Å². The van der Waals surface area contributed by atoms with Gasteiger partial charge in [0.25, 0.3) is 11.5 Å². The Kier molecular flexibility index (Phi) is 4.30. The van der Waals surface area contributed by atoms with Crippen LogP contribution in [0, 0.1) is 0 Å². The third-order valence-corrected chi connectivity index (χ3v) is 74.3. The highest BCUT2D eigenvalue weighted by molar-refractivity contribution is 8.11. The summed E-state index contributed by atoms with van der Waals surface area (Å²) in [6.45, 7) is 0. The summed E-state index contributed by atoms with van der Waals surface area (Å²) in [6.07, 6.45) is 0. The number of rotatable bonds is 0. The average molecular weight is 316 g/mol. The molecule has 0 amide bonds. The van der Waals surface area contributed by atoms with E-state index in [0.29, 0.717) is 0 Å². The molecule has 0 atom stereocenters. The van der Waals surface area contributed by atoms with Crippen molar-refractivity contribution in [2.75, 3.05) is 0 Å². The van der Waals surface area contributed by atoms with Gasteiger partial charge in [0.05, 0.1) is 0 Å². The molecule has 1 rings (SSSR count). The molecule has 0 aromatic heterocycles. The second-order valence-electron chi connectivity index (χ2n) is 2.97. The lowest BCUT2D eigenvalue weighted by molar-refractivity contribution is 1.90. The van der Waals surface area contributed by atoms with Crippen LogP contribution in [0.5, 0.6) is 0 Å². The van der Waals surface area contributed by atoms with E-state index in [0.717, 1.165) is 0 Å². The van der Waals surface area contributed by atoms with Gasteiger partial charge in [-0.15, -0.1) is 0 Å². The zero-order valence-corrected chi connectivity index (χ0v) is 15.3. The van der Waals surface area contributed by atoms with Crippen LogP contribution in [0.25, 0.3) is 0 Å². The van der Waals surface area contributed by atoms with Crippen molar-refractivity contribution in [2.24, 2.45) is 0 Å². The van der Waals surface area contributed by atoms with Gasteiger partial charge in [-0.2, -0.15) is 44.3 Å². The molecule has 0 aliphatic carbocycles. The summed E-state index contributed by atoms with van der Waals surface area (Å²) in [6, 6.07) is 0. The highest BCUT2D eigenvalue weighted by Crippen LogP contribution is 2.34. The van der Waals surface area contributed by atoms with Gasteiger partial charge in [0.15, 0.2) is 0 Å². The molecule has 0 bridgehead atoms. The van der Waals surface area contributed by atoms with E-state index in [4.69, 9.17) is 44.3 Å². The van der Waals surface area contributed by atoms with E-state index in [2.05, 4.69) is 0 Å². The summed E-state index contributed by atoms with van der Waals surface area (Å²) in [5.41, 5.74) is -1.20. The molecule has 0 saturated carbocycles. The van der Waals surface area contributed by atoms with Crippen molar-refractivity contribution in [3.05, 3.63) is 0 Å². The average Bonchev–Trinajstić information content (AvgIpc) is 1.94. The maximum Gasteiger partial charge on any atom is 0.251 e. The third kappa shape index (κ3) is 2.85. The molecule has 1 heterocycles. The van der Waals surface area contributed by atoms with Gasteiger partial charge in [0.2, 0.25) is 0 Å². The number of hydrogen-bond acceptors (Lipinski definition) is 0. The van der Waals surface area contributed by atoms with Crippen molar-refractivity contribution in [1.82, 2.24) is 0 Å². The fourth-order valence-corrected chi connectivity index (χ4v) is 77.1. The fourth-order valence-electron chi connectivity index (χ4n) is 1.24. The first-order valence-corrected chi connectivity index (χ1v) is 21.4. The van der Waals surface area contributed by atoms with Crippen LogP contribution in [-0.4, -0.2) is 39.1 Å². The van der Waals surface area contributed by atoms with Gasteiger partial charge in [-0.3, -0.25) is 0 Å². The molecule has 0 N–H and O–H groups in total. The fraction of sp³-hybridized carbons (Fsp3) is 1.00. The molecule has 1 fully saturated rings. The normalized spacial score (nSPS) is 36.0. The maximum absolute atomic E-state index is 6.29. The minimum absolute atomic E-state index is 0.191. The second kappa shape index (κ2) is 4.18. The first-order valence-electron chi connectivity index (χ1n) is 3.71. The lowest BCUT2D eigenvalue weighted by Crippen LogP contribution is -2.55. The third-order valence-electron chi connectivity index (χ3n) is 2.02. The Morgan fingerprint density at radius 2 is 1.18 bits per heavy atom. The molecule has 0 spiro atoms. The largest absolute Gasteiger partial charge is 0.251 e. The molecule has 1 saturated heterocycles. The van der Waals surface area contributed by atoms with E-state index < -0.39 is 11.5 Å². The van der Waals surface area contributed by atoms with Crippen LogP contribution in [-0.2, 0) is 0 Å². The Morgan fingerprint density at radius 3 is 1.55 bits per heavy atom. The van der Waals surface area contributed by atoms with Gasteiger partial charge in [0.1, 0.15) is 0 Å². The predicted molar refractivity (Wildman–Crippen MR) is 70.2 cm³/mol. The van der Waals surface area contributed by atoms with Gasteiger partial charge < -0.3 is 0 Å². The molecule has 9 heteroatoms. The van der Waals surface area contributed by atoms with Crippen molar-refractivity contribution in [1.29, 1.82) is 0 Å². The molecule has 0 aromatic rings. The molecule has 1 aliphatic heterocycles. The Labute approximate surface area is 94.0 Å². The lowest BCUT2D eigenvalue weighted by atomic mass is 11.8. The summed E-state index contributed by atoms with van der Waals surface area (Å²) in [7, 11) is -0.286. The Balaban J connectivity index is 2.72. The zero-order chi connectivity index (χ0) is 8.54. The van der Waals surface area contributed by atoms with E-state index in [-0.39, 0.29) is 27.6 Å². The highest BCUT2D eigenvalue weighted by Gasteiger charge is 2.53. The topological polar surface area (TPSA) is 0 Å². The first kappa shape index (κ1) is 11.3. The minimum Gasteiger partial charge on any atom is -0.151 e. The second-order valence-corrected chi connectivity index (χ2v) is 50.0. The van der Waals surface area contributed by atoms with Gasteiger partial charge >= 0.3 is 0 Å². The Hall–Kier alpha value is 2.24. The molecule has 0 radical (unpaired) electrons. The van der Waals surface area contributed by atoms with Crippen LogP contribution in [0.2, 0.25) is 11.3 Å². The van der Waals surface area contributed by atoms with Crippen LogP contribution >= 0.6 is 44.3 Å². The smallest absolute Gasteiger partial charge is 0.151 e. The van der Waals surface area contributed by atoms with Gasteiger partial charge in [-0.25, -0.2) is 0 Å². The lowest BCUT2D eigenvalue weighted by Gasteiger charge is -2.25. The molecular formula is C2H10Cl4Si5. The van der Waals surface area contributed by atoms with Gasteiger partial charge in [-0.05, 0) is 0 Å². The Bertz CT molecular complexity index is 131. The van der Waals surface area contributed by atoms with Crippen LogP contribution in [0.3, 0.4) is 0 Å². The maximum atomic E-state index is 6.29. The number of halogens is 4. The van der Waals surface area contributed by atoms with Crippen LogP contribution in [0.15, 0.2) is 0 Å². The monoisotopic (exact) mass is 314 g/mol. The van der Waals surface area contributed by atoms with Crippen molar-refractivity contribution in [3.63, 3.8) is 0 Å². The molecule has 11 heavy (non-hydrogen) atoms. The van der Waals surface area contributed by atoms with Crippen LogP contribution < -0.4 is 0 Å². The quantitative estimate of drug-likeness (QED) is 0.441. The van der Waals surface area contributed by atoms with E-state index >= 15 is 0 Å². The molecule has 66 valence electrons. The zero-order valence-electron chi connectivity index (χ0n) is 6.05. The predicted octanol–water partition coefficient (Wildman–Crippen LogP) is 0.169. The van der Waals surface area contributed by atoms with Crippen molar-refractivity contribution >= 4 is 83.4 Å². The summed E-state index contributed by atoms with van der Waals surface area (Å²) in [5, 5.41) is 0. The molecular weight excluding hydrogens is 306 g/mol. The molecule has 0 nitrogen and oxygen atoms in total. The van der Waals surface area contributed by atoms with Crippen molar-refractivity contribution in [3.8, 4) is 0 Å². The molecule has 0 unspecified atom stereocenters. The summed E-state index contributed by atoms with van der Waals surface area (Å²) in [5.74, 6) is 0. The summed E-state index contributed by atoms with van der Waals surface area (Å²) in [4.78, 5) is 0. The van der Waals surface area contributed by atoms with Crippen molar-refractivity contribution < 1.29 is 0 Å². The van der Waals surface area contributed by atoms with Crippen LogP contribution in [0.4, 0.5) is 0 Å². The van der Waals surface area contributed by atoms with Gasteiger partial charge in [-0.1, -0.05) is 11.3 Å². The highest BCUT2D eigenvalue weighted by atomic mass is 35.8. The van der Waals surface area contributed by atoms with Crippen molar-refractivity contribution in [2.45, 2.75) is 11.3 Å². The first-order chi connectivity index (χ1) is 4.96. The van der Waals surface area contributed by atoms with E-state index in [9.17, 15) is 0 Å². The standard InChI is InChI=1S/C2H10Cl4Si5/c3-10(4)8-1-7-2-9-11(10,5)6/h1-2,7-9H2. The van der Waals surface area contributed by atoms with E-state index in [1.54, 1.807) is 0 Å². The SMILES string of the molecule is Cl[Si]1(Cl)[SiH2]C[SiH2]C[SiH2][Si]1(Cl)Cl. The molecule has 0 aromatic carbocycles. The summed E-state index contributed by atoms with van der Waals surface area (Å²) >= 11 is 25.2. The minimum atomic E-state index is -2.02. The van der Waals surface area contributed by atoms with E-state index in [1.165, 1.54) is 11.3 Å². The summed E-state index contributed by atoms with van der Waals surface area (Å²) < 4.78 is 0. The molecule has 1 aliphatic rings.